The lowest BCUT2D eigenvalue weighted by molar-refractivity contribution is 0.144. The van der Waals surface area contributed by atoms with Crippen LogP contribution in [0.3, 0.4) is 0 Å². The number of ether oxygens (including phenoxy) is 4. The highest BCUT2D eigenvalue weighted by Crippen LogP contribution is 2.39. The van der Waals surface area contributed by atoms with Crippen molar-refractivity contribution in [3.05, 3.63) is 17.7 Å². The molecule has 2 aliphatic rings. The molecule has 0 aromatic heterocycles. The topological polar surface area (TPSA) is 66.2 Å². The SMILES string of the molecule is COCCOc1cc2c(cc1CN1CCC(C)(CN)C1)OCO2. The molecule has 1 unspecified atom stereocenters. The lowest BCUT2D eigenvalue weighted by atomic mass is 9.90. The van der Waals surface area contributed by atoms with E-state index in [-0.39, 0.29) is 12.2 Å². The van der Waals surface area contributed by atoms with Gasteiger partial charge < -0.3 is 24.7 Å². The predicted octanol–water partition coefficient (Wildman–Crippen LogP) is 1.61. The third kappa shape index (κ3) is 3.71. The van der Waals surface area contributed by atoms with Crippen molar-refractivity contribution in [1.82, 2.24) is 4.90 Å². The van der Waals surface area contributed by atoms with E-state index in [1.807, 2.05) is 12.1 Å². The maximum Gasteiger partial charge on any atom is 0.231 e. The third-order valence-electron chi connectivity index (χ3n) is 4.62. The first-order chi connectivity index (χ1) is 11.1. The monoisotopic (exact) mass is 322 g/mol. The lowest BCUT2D eigenvalue weighted by Crippen LogP contribution is -2.31. The highest BCUT2D eigenvalue weighted by Gasteiger charge is 2.33. The maximum absolute atomic E-state index is 5.91. The van der Waals surface area contributed by atoms with Crippen LogP contribution in [0.1, 0.15) is 18.9 Å². The Morgan fingerprint density at radius 1 is 1.26 bits per heavy atom. The van der Waals surface area contributed by atoms with Crippen molar-refractivity contribution < 1.29 is 18.9 Å². The third-order valence-corrected chi connectivity index (χ3v) is 4.62. The highest BCUT2D eigenvalue weighted by molar-refractivity contribution is 5.51. The van der Waals surface area contributed by atoms with Crippen LogP contribution < -0.4 is 19.9 Å². The van der Waals surface area contributed by atoms with Gasteiger partial charge in [-0.1, -0.05) is 6.92 Å². The zero-order chi connectivity index (χ0) is 16.3. The first kappa shape index (κ1) is 16.4. The van der Waals surface area contributed by atoms with E-state index >= 15 is 0 Å². The maximum atomic E-state index is 5.91. The second kappa shape index (κ2) is 6.95. The van der Waals surface area contributed by atoms with E-state index in [0.29, 0.717) is 13.2 Å². The Balaban J connectivity index is 1.74. The molecule has 6 heteroatoms. The van der Waals surface area contributed by atoms with Crippen molar-refractivity contribution in [2.75, 3.05) is 46.8 Å². The van der Waals surface area contributed by atoms with Gasteiger partial charge in [-0.15, -0.1) is 0 Å². The molecule has 0 amide bonds. The molecule has 1 aromatic carbocycles. The largest absolute Gasteiger partial charge is 0.491 e. The molecule has 0 radical (unpaired) electrons. The minimum atomic E-state index is 0.216. The van der Waals surface area contributed by atoms with Gasteiger partial charge in [-0.3, -0.25) is 4.90 Å². The summed E-state index contributed by atoms with van der Waals surface area (Å²) in [4.78, 5) is 2.42. The Morgan fingerprint density at radius 3 is 2.74 bits per heavy atom. The summed E-state index contributed by atoms with van der Waals surface area (Å²) in [6.45, 7) is 7.21. The van der Waals surface area contributed by atoms with Crippen molar-refractivity contribution >= 4 is 0 Å². The first-order valence-electron chi connectivity index (χ1n) is 8.10. The number of rotatable bonds is 7. The number of fused-ring (bicyclic) bond motifs is 1. The Morgan fingerprint density at radius 2 is 2.04 bits per heavy atom. The number of methoxy groups -OCH3 is 1. The van der Waals surface area contributed by atoms with Gasteiger partial charge in [0.25, 0.3) is 0 Å². The van der Waals surface area contributed by atoms with Crippen LogP contribution in [0.25, 0.3) is 0 Å². The molecule has 3 rings (SSSR count). The molecule has 0 saturated carbocycles. The quantitative estimate of drug-likeness (QED) is 0.770. The van der Waals surface area contributed by atoms with Gasteiger partial charge in [0.1, 0.15) is 12.4 Å². The van der Waals surface area contributed by atoms with E-state index in [4.69, 9.17) is 24.7 Å². The number of nitrogens with two attached hydrogens (primary N) is 1. The van der Waals surface area contributed by atoms with Crippen LogP contribution in [0, 0.1) is 5.41 Å². The molecule has 2 aliphatic heterocycles. The second-order valence-electron chi connectivity index (χ2n) is 6.63. The van der Waals surface area contributed by atoms with Crippen molar-refractivity contribution in [1.29, 1.82) is 0 Å². The average Bonchev–Trinajstić information content (AvgIpc) is 3.14. The molecule has 1 aromatic rings. The first-order valence-corrected chi connectivity index (χ1v) is 8.10. The molecule has 0 bridgehead atoms. The van der Waals surface area contributed by atoms with Crippen LogP contribution in [0.15, 0.2) is 12.1 Å². The minimum Gasteiger partial charge on any atom is -0.491 e. The van der Waals surface area contributed by atoms with Crippen molar-refractivity contribution in [2.24, 2.45) is 11.1 Å². The number of benzene rings is 1. The Bertz CT molecular complexity index is 552. The molecular formula is C17H26N2O4. The van der Waals surface area contributed by atoms with Gasteiger partial charge in [-0.25, -0.2) is 0 Å². The van der Waals surface area contributed by atoms with Gasteiger partial charge in [0.2, 0.25) is 6.79 Å². The molecule has 1 fully saturated rings. The summed E-state index contributed by atoms with van der Waals surface area (Å²) in [5, 5.41) is 0. The van der Waals surface area contributed by atoms with Gasteiger partial charge in [-0.2, -0.15) is 0 Å². The fraction of sp³-hybridized carbons (Fsp3) is 0.647. The summed E-state index contributed by atoms with van der Waals surface area (Å²) in [5.41, 5.74) is 7.24. The number of nitrogens with zero attached hydrogens (tertiary/aromatic N) is 1. The summed E-state index contributed by atoms with van der Waals surface area (Å²) >= 11 is 0. The molecule has 6 nitrogen and oxygen atoms in total. The summed E-state index contributed by atoms with van der Waals surface area (Å²) < 4.78 is 21.9. The van der Waals surface area contributed by atoms with Crippen LogP contribution in [-0.2, 0) is 11.3 Å². The van der Waals surface area contributed by atoms with E-state index in [0.717, 1.165) is 55.4 Å². The Hall–Kier alpha value is -1.50. The van der Waals surface area contributed by atoms with Crippen LogP contribution >= 0.6 is 0 Å². The number of hydrogen-bond acceptors (Lipinski definition) is 6. The van der Waals surface area contributed by atoms with Crippen LogP contribution in [0.4, 0.5) is 0 Å². The van der Waals surface area contributed by atoms with Crippen LogP contribution in [-0.4, -0.2) is 51.7 Å². The van der Waals surface area contributed by atoms with Gasteiger partial charge in [0, 0.05) is 31.8 Å². The highest BCUT2D eigenvalue weighted by atomic mass is 16.7. The summed E-state index contributed by atoms with van der Waals surface area (Å²) in [5.74, 6) is 2.38. The Kier molecular flexibility index (Phi) is 4.94. The minimum absolute atomic E-state index is 0.216. The second-order valence-corrected chi connectivity index (χ2v) is 6.63. The average molecular weight is 322 g/mol. The molecule has 23 heavy (non-hydrogen) atoms. The van der Waals surface area contributed by atoms with Crippen molar-refractivity contribution in [2.45, 2.75) is 19.9 Å². The Labute approximate surface area is 137 Å². The van der Waals surface area contributed by atoms with E-state index in [2.05, 4.69) is 11.8 Å². The van der Waals surface area contributed by atoms with Gasteiger partial charge in [0.15, 0.2) is 11.5 Å². The van der Waals surface area contributed by atoms with E-state index in [9.17, 15) is 0 Å². The normalized spacial score (nSPS) is 23.4. The summed E-state index contributed by atoms with van der Waals surface area (Å²) in [6.07, 6.45) is 1.13. The molecule has 2 N–H and O–H groups in total. The van der Waals surface area contributed by atoms with Crippen LogP contribution in [0.5, 0.6) is 17.2 Å². The molecule has 1 atom stereocenters. The van der Waals surface area contributed by atoms with E-state index in [1.54, 1.807) is 7.11 Å². The molecule has 1 saturated heterocycles. The van der Waals surface area contributed by atoms with Gasteiger partial charge >= 0.3 is 0 Å². The summed E-state index contributed by atoms with van der Waals surface area (Å²) in [7, 11) is 1.67. The smallest absolute Gasteiger partial charge is 0.231 e. The van der Waals surface area contributed by atoms with E-state index < -0.39 is 0 Å². The molecule has 2 heterocycles. The fourth-order valence-electron chi connectivity index (χ4n) is 3.13. The fourth-order valence-corrected chi connectivity index (χ4v) is 3.13. The number of hydrogen-bond donors (Lipinski definition) is 1. The number of likely N-dealkylation sites (tertiary alicyclic amines) is 1. The molecule has 128 valence electrons. The molecule has 0 spiro atoms. The zero-order valence-electron chi connectivity index (χ0n) is 14.0. The molecular weight excluding hydrogens is 296 g/mol. The van der Waals surface area contributed by atoms with E-state index in [1.165, 1.54) is 0 Å². The molecule has 0 aliphatic carbocycles. The van der Waals surface area contributed by atoms with Crippen molar-refractivity contribution in [3.8, 4) is 17.2 Å². The van der Waals surface area contributed by atoms with Gasteiger partial charge in [-0.05, 0) is 31.0 Å². The summed E-state index contributed by atoms with van der Waals surface area (Å²) in [6, 6.07) is 3.95. The standard InChI is InChI=1S/C17H26N2O4/c1-17(10-18)3-4-19(11-17)9-13-7-15-16(23-12-22-15)8-14(13)21-6-5-20-2/h7-8H,3-6,9-12,18H2,1-2H3. The lowest BCUT2D eigenvalue weighted by Gasteiger charge is -2.23. The predicted molar refractivity (Wildman–Crippen MR) is 87.0 cm³/mol. The van der Waals surface area contributed by atoms with Gasteiger partial charge in [0.05, 0.1) is 6.61 Å². The van der Waals surface area contributed by atoms with Crippen LogP contribution in [0.2, 0.25) is 0 Å². The zero-order valence-corrected chi connectivity index (χ0v) is 14.0. The van der Waals surface area contributed by atoms with Crippen molar-refractivity contribution in [3.63, 3.8) is 0 Å².